The van der Waals surface area contributed by atoms with Crippen molar-refractivity contribution in [3.8, 4) is 0 Å². The van der Waals surface area contributed by atoms with Gasteiger partial charge in [0.25, 0.3) is 5.91 Å². The number of aliphatic carboxylic acids is 1. The predicted octanol–water partition coefficient (Wildman–Crippen LogP) is 2.35. The van der Waals surface area contributed by atoms with E-state index in [1.54, 1.807) is 12.1 Å². The Morgan fingerprint density at radius 1 is 1.29 bits per heavy atom. The molecule has 1 aliphatic rings. The second kappa shape index (κ2) is 6.26. The Morgan fingerprint density at radius 2 is 1.90 bits per heavy atom. The molecule has 1 aromatic rings. The third-order valence-corrected chi connectivity index (χ3v) is 3.77. The molecule has 0 atom stereocenters. The van der Waals surface area contributed by atoms with Crippen molar-refractivity contribution in [2.75, 3.05) is 0 Å². The Labute approximate surface area is 124 Å². The van der Waals surface area contributed by atoms with Gasteiger partial charge in [0.2, 0.25) is 0 Å². The number of carbonyl (C=O) groups excluding carboxylic acids is 1. The minimum atomic E-state index is -1.07. The minimum Gasteiger partial charge on any atom is -0.480 e. The lowest BCUT2D eigenvalue weighted by Crippen LogP contribution is -2.59. The van der Waals surface area contributed by atoms with Crippen molar-refractivity contribution in [1.82, 2.24) is 5.32 Å². The van der Waals surface area contributed by atoms with Gasteiger partial charge in [-0.2, -0.15) is 0 Å². The van der Waals surface area contributed by atoms with Crippen LogP contribution < -0.4 is 5.32 Å². The molecular weight excluding hydrogens is 270 g/mol. The molecule has 1 fully saturated rings. The second-order valence-corrected chi connectivity index (χ2v) is 5.75. The molecule has 1 aromatic carbocycles. The first kappa shape index (κ1) is 15.5. The number of carbonyl (C=O) groups is 2. The highest BCUT2D eigenvalue weighted by Crippen LogP contribution is 2.32. The van der Waals surface area contributed by atoms with Crippen LogP contribution in [0.15, 0.2) is 24.3 Å². The van der Waals surface area contributed by atoms with E-state index in [0.717, 1.165) is 12.0 Å². The van der Waals surface area contributed by atoms with Crippen molar-refractivity contribution in [3.63, 3.8) is 0 Å². The Hall–Kier alpha value is -1.88. The number of amides is 1. The molecule has 2 N–H and O–H groups in total. The van der Waals surface area contributed by atoms with E-state index in [1.165, 1.54) is 0 Å². The van der Waals surface area contributed by atoms with E-state index in [-0.39, 0.29) is 12.0 Å². The number of rotatable bonds is 6. The zero-order valence-corrected chi connectivity index (χ0v) is 12.4. The van der Waals surface area contributed by atoms with Gasteiger partial charge in [0.15, 0.2) is 0 Å². The number of benzene rings is 1. The van der Waals surface area contributed by atoms with Crippen LogP contribution in [0, 0.1) is 0 Å². The summed E-state index contributed by atoms with van der Waals surface area (Å²) < 4.78 is 5.49. The van der Waals surface area contributed by atoms with Gasteiger partial charge in [-0.1, -0.05) is 12.1 Å². The summed E-state index contributed by atoms with van der Waals surface area (Å²) in [4.78, 5) is 23.4. The maximum Gasteiger partial charge on any atom is 0.329 e. The van der Waals surface area contributed by atoms with Crippen LogP contribution in [0.3, 0.4) is 0 Å². The van der Waals surface area contributed by atoms with Gasteiger partial charge in [-0.05, 0) is 50.8 Å². The lowest BCUT2D eigenvalue weighted by atomic mass is 9.76. The standard InChI is InChI=1S/C16H21NO4/c1-11(2)21-10-12-4-6-13(7-5-12)14(18)17-16(15(19)20)8-3-9-16/h4-7,11H,3,8-10H2,1-2H3,(H,17,18)(H,19,20). The van der Waals surface area contributed by atoms with Crippen molar-refractivity contribution in [2.45, 2.75) is 51.4 Å². The molecule has 0 aliphatic heterocycles. The van der Waals surface area contributed by atoms with Crippen LogP contribution in [0.5, 0.6) is 0 Å². The number of hydrogen-bond acceptors (Lipinski definition) is 3. The number of nitrogens with one attached hydrogen (secondary N) is 1. The maximum absolute atomic E-state index is 12.1. The van der Waals surface area contributed by atoms with Crippen LogP contribution >= 0.6 is 0 Å². The van der Waals surface area contributed by atoms with E-state index in [1.807, 2.05) is 26.0 Å². The molecule has 1 saturated carbocycles. The summed E-state index contributed by atoms with van der Waals surface area (Å²) in [6, 6.07) is 7.04. The largest absolute Gasteiger partial charge is 0.480 e. The molecule has 114 valence electrons. The summed E-state index contributed by atoms with van der Waals surface area (Å²) in [5, 5.41) is 11.9. The molecule has 0 saturated heterocycles. The molecular formula is C16H21NO4. The number of hydrogen-bond donors (Lipinski definition) is 2. The fraction of sp³-hybridized carbons (Fsp3) is 0.500. The Morgan fingerprint density at radius 3 is 2.33 bits per heavy atom. The minimum absolute atomic E-state index is 0.155. The monoisotopic (exact) mass is 291 g/mol. The van der Waals surface area contributed by atoms with Gasteiger partial charge in [-0.25, -0.2) is 4.79 Å². The van der Waals surface area contributed by atoms with Crippen LogP contribution in [-0.4, -0.2) is 28.6 Å². The van der Waals surface area contributed by atoms with Gasteiger partial charge in [-0.3, -0.25) is 4.79 Å². The summed E-state index contributed by atoms with van der Waals surface area (Å²) in [5.41, 5.74) is 0.379. The molecule has 0 spiro atoms. The fourth-order valence-corrected chi connectivity index (χ4v) is 2.23. The van der Waals surface area contributed by atoms with E-state index in [4.69, 9.17) is 4.74 Å². The molecule has 5 nitrogen and oxygen atoms in total. The SMILES string of the molecule is CC(C)OCc1ccc(C(=O)NC2(C(=O)O)CCC2)cc1. The van der Waals surface area contributed by atoms with Gasteiger partial charge >= 0.3 is 5.97 Å². The molecule has 0 unspecified atom stereocenters. The summed E-state index contributed by atoms with van der Waals surface area (Å²) in [7, 11) is 0. The first-order valence-electron chi connectivity index (χ1n) is 7.19. The molecule has 0 heterocycles. The lowest BCUT2D eigenvalue weighted by Gasteiger charge is -2.38. The smallest absolute Gasteiger partial charge is 0.329 e. The van der Waals surface area contributed by atoms with Crippen LogP contribution in [0.2, 0.25) is 0 Å². The first-order valence-corrected chi connectivity index (χ1v) is 7.19. The molecule has 0 aromatic heterocycles. The molecule has 5 heteroatoms. The summed E-state index contributed by atoms with van der Waals surface area (Å²) in [6.45, 7) is 4.43. The van der Waals surface area contributed by atoms with E-state index < -0.39 is 11.5 Å². The average molecular weight is 291 g/mol. The highest BCUT2D eigenvalue weighted by atomic mass is 16.5. The maximum atomic E-state index is 12.1. The van der Waals surface area contributed by atoms with Crippen molar-refractivity contribution >= 4 is 11.9 Å². The molecule has 2 rings (SSSR count). The van der Waals surface area contributed by atoms with Crippen molar-refractivity contribution < 1.29 is 19.4 Å². The number of ether oxygens (including phenoxy) is 1. The zero-order valence-electron chi connectivity index (χ0n) is 12.4. The Balaban J connectivity index is 1.98. The quantitative estimate of drug-likeness (QED) is 0.843. The van der Waals surface area contributed by atoms with Crippen molar-refractivity contribution in [1.29, 1.82) is 0 Å². The lowest BCUT2D eigenvalue weighted by molar-refractivity contribution is -0.148. The van der Waals surface area contributed by atoms with Gasteiger partial charge in [0.05, 0.1) is 12.7 Å². The number of carboxylic acid groups (broad SMARTS) is 1. The van der Waals surface area contributed by atoms with Crippen molar-refractivity contribution in [3.05, 3.63) is 35.4 Å². The van der Waals surface area contributed by atoms with E-state index in [9.17, 15) is 14.7 Å². The van der Waals surface area contributed by atoms with Crippen molar-refractivity contribution in [2.24, 2.45) is 0 Å². The highest BCUT2D eigenvalue weighted by molar-refractivity contribution is 5.98. The fourth-order valence-electron chi connectivity index (χ4n) is 2.23. The summed E-state index contributed by atoms with van der Waals surface area (Å²) in [5.74, 6) is -1.29. The van der Waals surface area contributed by atoms with E-state index in [0.29, 0.717) is 25.0 Å². The van der Waals surface area contributed by atoms with Crippen LogP contribution in [0.1, 0.15) is 49.0 Å². The van der Waals surface area contributed by atoms with Gasteiger partial charge < -0.3 is 15.2 Å². The first-order chi connectivity index (χ1) is 9.93. The summed E-state index contributed by atoms with van der Waals surface area (Å²) in [6.07, 6.45) is 1.97. The van der Waals surface area contributed by atoms with E-state index in [2.05, 4.69) is 5.32 Å². The Bertz CT molecular complexity index is 518. The second-order valence-electron chi connectivity index (χ2n) is 5.75. The third-order valence-electron chi connectivity index (χ3n) is 3.77. The normalized spacial score (nSPS) is 16.3. The van der Waals surface area contributed by atoms with Crippen LogP contribution in [0.4, 0.5) is 0 Å². The third kappa shape index (κ3) is 3.61. The molecule has 0 radical (unpaired) electrons. The van der Waals surface area contributed by atoms with Gasteiger partial charge in [-0.15, -0.1) is 0 Å². The molecule has 1 amide bonds. The van der Waals surface area contributed by atoms with Crippen LogP contribution in [-0.2, 0) is 16.1 Å². The van der Waals surface area contributed by atoms with E-state index >= 15 is 0 Å². The van der Waals surface area contributed by atoms with Gasteiger partial charge in [0.1, 0.15) is 5.54 Å². The highest BCUT2D eigenvalue weighted by Gasteiger charge is 2.45. The topological polar surface area (TPSA) is 75.6 Å². The number of carboxylic acids is 1. The molecule has 21 heavy (non-hydrogen) atoms. The molecule has 1 aliphatic carbocycles. The Kier molecular flexibility index (Phi) is 4.63. The molecule has 0 bridgehead atoms. The predicted molar refractivity (Wildman–Crippen MR) is 78.1 cm³/mol. The summed E-state index contributed by atoms with van der Waals surface area (Å²) >= 11 is 0. The average Bonchev–Trinajstić information content (AvgIpc) is 2.40. The zero-order chi connectivity index (χ0) is 15.5. The van der Waals surface area contributed by atoms with Gasteiger partial charge in [0, 0.05) is 5.56 Å². The van der Waals surface area contributed by atoms with Crippen LogP contribution in [0.25, 0.3) is 0 Å².